The summed E-state index contributed by atoms with van der Waals surface area (Å²) in [5.74, 6) is -0.679. The van der Waals surface area contributed by atoms with Crippen molar-refractivity contribution in [3.63, 3.8) is 0 Å². The zero-order valence-electron chi connectivity index (χ0n) is 27.6. The summed E-state index contributed by atoms with van der Waals surface area (Å²) in [4.78, 5) is 41.6. The second kappa shape index (κ2) is 15.8. The van der Waals surface area contributed by atoms with Crippen molar-refractivity contribution < 1.29 is 23.4 Å². The van der Waals surface area contributed by atoms with E-state index < -0.39 is 51.9 Å². The molecule has 4 N–H and O–H groups in total. The Labute approximate surface area is 269 Å². The molecule has 1 saturated heterocycles. The molecule has 3 rings (SSSR count). The Hall–Kier alpha value is -2.53. The monoisotopic (exact) mass is 660 g/mol. The molecule has 0 radical (unpaired) electrons. The number of hydrogen-bond donors (Lipinski definition) is 3. The summed E-state index contributed by atoms with van der Waals surface area (Å²) in [6.45, 7) is 16.4. The number of carbonyl (C=O) groups excluding carboxylic acids is 1. The van der Waals surface area contributed by atoms with Crippen molar-refractivity contribution in [3.8, 4) is 6.07 Å². The first-order valence-corrected chi connectivity index (χ1v) is 19.5. The van der Waals surface area contributed by atoms with Crippen molar-refractivity contribution in [1.82, 2.24) is 14.2 Å². The highest BCUT2D eigenvalue weighted by Gasteiger charge is 2.52. The van der Waals surface area contributed by atoms with Gasteiger partial charge in [0.15, 0.2) is 8.32 Å². The van der Waals surface area contributed by atoms with Crippen molar-refractivity contribution in [3.05, 3.63) is 58.6 Å². The molecule has 0 saturated carbocycles. The van der Waals surface area contributed by atoms with E-state index in [0.29, 0.717) is 12.0 Å². The summed E-state index contributed by atoms with van der Waals surface area (Å²) in [7, 11) is -4.35. The van der Waals surface area contributed by atoms with E-state index in [1.807, 2.05) is 33.0 Å². The molecule has 2 aromatic rings. The SMILES string of the molecule is CC(C)N(C(C)C)P(OCCC#N)OC1[C@@H](CN)O[C@@H](n2ccc(NC(=O)c3ccccc3)nc2=O)[C@H]1CC(C)(C)[Si](C)(C)O. The summed E-state index contributed by atoms with van der Waals surface area (Å²) in [5, 5.41) is 11.3. The van der Waals surface area contributed by atoms with Gasteiger partial charge in [0.2, 0.25) is 0 Å². The fourth-order valence-electron chi connectivity index (χ4n) is 5.31. The van der Waals surface area contributed by atoms with Gasteiger partial charge in [0.25, 0.3) is 14.4 Å². The van der Waals surface area contributed by atoms with Crippen molar-refractivity contribution in [2.75, 3.05) is 18.5 Å². The first-order chi connectivity index (χ1) is 21.1. The Morgan fingerprint density at radius 2 is 1.89 bits per heavy atom. The third-order valence-electron chi connectivity index (χ3n) is 8.36. The molecule has 0 bridgehead atoms. The van der Waals surface area contributed by atoms with Crippen LogP contribution in [0.1, 0.15) is 71.0 Å². The molecule has 2 heterocycles. The molecule has 1 aromatic carbocycles. The van der Waals surface area contributed by atoms with Gasteiger partial charge in [-0.15, -0.1) is 0 Å². The van der Waals surface area contributed by atoms with Gasteiger partial charge in [0.05, 0.1) is 25.2 Å². The highest BCUT2D eigenvalue weighted by molar-refractivity contribution is 7.44. The molecular formula is C31H49N6O6PSi. The number of nitrogens with one attached hydrogen (secondary N) is 1. The van der Waals surface area contributed by atoms with Crippen molar-refractivity contribution in [2.45, 2.75) is 103 Å². The first kappa shape index (κ1) is 36.9. The van der Waals surface area contributed by atoms with Gasteiger partial charge in [-0.1, -0.05) is 32.0 Å². The van der Waals surface area contributed by atoms with Crippen molar-refractivity contribution in [2.24, 2.45) is 11.7 Å². The van der Waals surface area contributed by atoms with Crippen LogP contribution in [0, 0.1) is 17.2 Å². The zero-order chi connectivity index (χ0) is 33.5. The van der Waals surface area contributed by atoms with Crippen LogP contribution < -0.4 is 16.7 Å². The number of amides is 1. The Morgan fingerprint density at radius 3 is 2.42 bits per heavy atom. The van der Waals surface area contributed by atoms with Crippen LogP contribution in [0.15, 0.2) is 47.4 Å². The highest BCUT2D eigenvalue weighted by atomic mass is 31.2. The average Bonchev–Trinajstić information content (AvgIpc) is 3.28. The fourth-order valence-corrected chi connectivity index (χ4v) is 7.85. The zero-order valence-corrected chi connectivity index (χ0v) is 29.5. The Kier molecular flexibility index (Phi) is 13.0. The van der Waals surface area contributed by atoms with Crippen LogP contribution in [-0.2, 0) is 13.8 Å². The van der Waals surface area contributed by atoms with E-state index in [1.165, 1.54) is 4.57 Å². The van der Waals surface area contributed by atoms with Crippen LogP contribution in [0.2, 0.25) is 18.1 Å². The van der Waals surface area contributed by atoms with Gasteiger partial charge in [-0.2, -0.15) is 10.2 Å². The Balaban J connectivity index is 2.02. The molecule has 248 valence electrons. The summed E-state index contributed by atoms with van der Waals surface area (Å²) >= 11 is 0. The number of benzene rings is 1. The molecule has 0 aliphatic carbocycles. The van der Waals surface area contributed by atoms with Crippen molar-refractivity contribution >= 4 is 28.6 Å². The number of nitrogens with two attached hydrogens (primary N) is 1. The quantitative estimate of drug-likeness (QED) is 0.135. The van der Waals surface area contributed by atoms with Crippen LogP contribution in [0.4, 0.5) is 5.82 Å². The number of rotatable bonds is 15. The first-order valence-electron chi connectivity index (χ1n) is 15.4. The standard InChI is InChI=1S/C31H49N6O6PSi/c1-21(2)37(22(3)4)44(41-18-12-16-32)43-27-24(19-31(5,6)45(7,8)40)29(42-25(27)20-33)36-17-15-26(35-30(36)39)34-28(38)23-13-10-9-11-14-23/h9-11,13-15,17,21-22,24-25,27,29,40H,12,18-20,33H2,1-8H3,(H,34,35,38,39)/t24-,25+,27?,29+,44?/m0/s1. The second-order valence-electron chi connectivity index (χ2n) is 13.1. The lowest BCUT2D eigenvalue weighted by Gasteiger charge is -2.41. The molecule has 45 heavy (non-hydrogen) atoms. The van der Waals surface area contributed by atoms with E-state index in [4.69, 9.17) is 24.8 Å². The molecule has 1 aliphatic heterocycles. The molecule has 5 atom stereocenters. The lowest BCUT2D eigenvalue weighted by atomic mass is 9.89. The molecule has 1 aromatic heterocycles. The molecule has 1 amide bonds. The van der Waals surface area contributed by atoms with E-state index in [9.17, 15) is 14.4 Å². The molecule has 1 aliphatic rings. The van der Waals surface area contributed by atoms with E-state index in [0.717, 1.165) is 0 Å². The Bertz CT molecular complexity index is 1350. The van der Waals surface area contributed by atoms with E-state index in [1.54, 1.807) is 36.5 Å². The number of carbonyl (C=O) groups is 1. The van der Waals surface area contributed by atoms with Gasteiger partial charge in [0, 0.05) is 36.3 Å². The summed E-state index contributed by atoms with van der Waals surface area (Å²) in [6, 6.07) is 12.5. The number of ether oxygens (including phenoxy) is 1. The number of nitriles is 1. The molecule has 12 nitrogen and oxygen atoms in total. The second-order valence-corrected chi connectivity index (χ2v) is 18.9. The smallest absolute Gasteiger partial charge is 0.351 e. The topological polar surface area (TPSA) is 165 Å². The number of nitrogens with zero attached hydrogens (tertiary/aromatic N) is 4. The van der Waals surface area contributed by atoms with Crippen molar-refractivity contribution in [1.29, 1.82) is 5.26 Å². The van der Waals surface area contributed by atoms with Gasteiger partial charge >= 0.3 is 5.69 Å². The predicted octanol–water partition coefficient (Wildman–Crippen LogP) is 5.00. The minimum Gasteiger partial charge on any atom is -0.432 e. The summed E-state index contributed by atoms with van der Waals surface area (Å²) in [6.07, 6.45) is 0.255. The van der Waals surface area contributed by atoms with Gasteiger partial charge in [-0.3, -0.25) is 9.36 Å². The minimum absolute atomic E-state index is 0.0803. The molecule has 0 spiro atoms. The molecular weight excluding hydrogens is 611 g/mol. The third-order valence-corrected chi connectivity index (χ3v) is 14.0. The van der Waals surface area contributed by atoms with Gasteiger partial charge in [-0.05, 0) is 70.4 Å². The van der Waals surface area contributed by atoms with Crippen LogP contribution >= 0.6 is 8.53 Å². The van der Waals surface area contributed by atoms with Gasteiger partial charge in [0.1, 0.15) is 18.1 Å². The van der Waals surface area contributed by atoms with E-state index in [-0.39, 0.29) is 43.4 Å². The van der Waals surface area contributed by atoms with Crippen LogP contribution in [0.5, 0.6) is 0 Å². The lowest BCUT2D eigenvalue weighted by molar-refractivity contribution is -0.0201. The predicted molar refractivity (Wildman–Crippen MR) is 178 cm³/mol. The van der Waals surface area contributed by atoms with E-state index >= 15 is 0 Å². The van der Waals surface area contributed by atoms with Gasteiger partial charge < -0.3 is 29.6 Å². The molecule has 1 fully saturated rings. The largest absolute Gasteiger partial charge is 0.432 e. The number of hydrogen-bond acceptors (Lipinski definition) is 10. The van der Waals surface area contributed by atoms with E-state index in [2.05, 4.69) is 48.7 Å². The number of anilines is 1. The average molecular weight is 661 g/mol. The summed E-state index contributed by atoms with van der Waals surface area (Å²) in [5.41, 5.74) is 6.09. The minimum atomic E-state index is -2.71. The maximum atomic E-state index is 13.5. The maximum Gasteiger partial charge on any atom is 0.351 e. The van der Waals surface area contributed by atoms with Crippen LogP contribution in [0.25, 0.3) is 0 Å². The third kappa shape index (κ3) is 9.27. The number of aromatic nitrogens is 2. The molecule has 14 heteroatoms. The molecule has 2 unspecified atom stereocenters. The lowest BCUT2D eigenvalue weighted by Crippen LogP contribution is -2.44. The Morgan fingerprint density at radius 1 is 1.24 bits per heavy atom. The van der Waals surface area contributed by atoms with Crippen LogP contribution in [0.3, 0.4) is 0 Å². The van der Waals surface area contributed by atoms with Crippen LogP contribution in [-0.4, -0.2) is 70.7 Å². The maximum absolute atomic E-state index is 13.5. The summed E-state index contributed by atoms with van der Waals surface area (Å²) < 4.78 is 23.1. The fraction of sp³-hybridized carbons (Fsp3) is 0.613. The van der Waals surface area contributed by atoms with Gasteiger partial charge in [-0.25, -0.2) is 9.46 Å². The highest BCUT2D eigenvalue weighted by Crippen LogP contribution is 2.54. The normalized spacial score (nSPS) is 21.3.